The number of benzene rings is 1. The number of hydrogen-bond acceptors (Lipinski definition) is 3. The van der Waals surface area contributed by atoms with Gasteiger partial charge in [-0.1, -0.05) is 37.3 Å². The first kappa shape index (κ1) is 13.1. The maximum Gasteiger partial charge on any atom is 0.168 e. The van der Waals surface area contributed by atoms with Crippen LogP contribution in [0, 0.1) is 5.92 Å². The molecule has 1 spiro atoms. The van der Waals surface area contributed by atoms with Gasteiger partial charge in [0, 0.05) is 12.8 Å². The Bertz CT molecular complexity index is 398. The average molecular weight is 262 g/mol. The molecule has 1 saturated heterocycles. The largest absolute Gasteiger partial charge is 0.373 e. The second-order valence-corrected chi connectivity index (χ2v) is 5.66. The summed E-state index contributed by atoms with van der Waals surface area (Å²) in [7, 11) is 0. The van der Waals surface area contributed by atoms with E-state index < -0.39 is 0 Å². The van der Waals surface area contributed by atoms with Crippen molar-refractivity contribution in [2.24, 2.45) is 5.92 Å². The van der Waals surface area contributed by atoms with E-state index in [2.05, 4.69) is 31.2 Å². The van der Waals surface area contributed by atoms with Crippen LogP contribution >= 0.6 is 0 Å². The topological polar surface area (TPSA) is 27.7 Å². The molecule has 0 aromatic heterocycles. The molecular formula is C16H22O3. The summed E-state index contributed by atoms with van der Waals surface area (Å²) in [5.41, 5.74) is 1.24. The van der Waals surface area contributed by atoms with Gasteiger partial charge < -0.3 is 14.2 Å². The highest BCUT2D eigenvalue weighted by molar-refractivity contribution is 5.13. The van der Waals surface area contributed by atoms with Crippen molar-refractivity contribution in [2.45, 2.75) is 44.7 Å². The minimum Gasteiger partial charge on any atom is -0.373 e. The third-order valence-electron chi connectivity index (χ3n) is 4.20. The van der Waals surface area contributed by atoms with Gasteiger partial charge in [-0.3, -0.25) is 0 Å². The first-order chi connectivity index (χ1) is 9.27. The van der Waals surface area contributed by atoms with E-state index in [1.54, 1.807) is 0 Å². The van der Waals surface area contributed by atoms with Gasteiger partial charge in [-0.15, -0.1) is 0 Å². The smallest absolute Gasteiger partial charge is 0.168 e. The van der Waals surface area contributed by atoms with Crippen molar-refractivity contribution in [2.75, 3.05) is 13.2 Å². The molecule has 2 atom stereocenters. The quantitative estimate of drug-likeness (QED) is 0.837. The second kappa shape index (κ2) is 5.61. The molecule has 1 aliphatic heterocycles. The molecule has 2 fully saturated rings. The van der Waals surface area contributed by atoms with Crippen LogP contribution in [-0.4, -0.2) is 25.1 Å². The molecule has 0 bridgehead atoms. The zero-order valence-electron chi connectivity index (χ0n) is 11.5. The van der Waals surface area contributed by atoms with E-state index in [1.165, 1.54) is 5.56 Å². The molecule has 0 unspecified atom stereocenters. The third-order valence-corrected chi connectivity index (χ3v) is 4.20. The molecular weight excluding hydrogens is 240 g/mol. The summed E-state index contributed by atoms with van der Waals surface area (Å²) >= 11 is 0. The minimum absolute atomic E-state index is 0.300. The monoisotopic (exact) mass is 262 g/mol. The average Bonchev–Trinajstić information content (AvgIpc) is 2.87. The summed E-state index contributed by atoms with van der Waals surface area (Å²) < 4.78 is 17.6. The normalized spacial score (nSPS) is 29.7. The Morgan fingerprint density at radius 2 is 1.95 bits per heavy atom. The lowest BCUT2D eigenvalue weighted by molar-refractivity contribution is -0.206. The van der Waals surface area contributed by atoms with Crippen molar-refractivity contribution in [1.29, 1.82) is 0 Å². The fourth-order valence-corrected chi connectivity index (χ4v) is 3.16. The third kappa shape index (κ3) is 2.99. The van der Waals surface area contributed by atoms with Gasteiger partial charge in [-0.2, -0.15) is 0 Å². The zero-order chi connectivity index (χ0) is 13.1. The maximum absolute atomic E-state index is 6.07. The van der Waals surface area contributed by atoms with Crippen molar-refractivity contribution < 1.29 is 14.2 Å². The molecule has 0 N–H and O–H groups in total. The van der Waals surface area contributed by atoms with E-state index in [9.17, 15) is 0 Å². The van der Waals surface area contributed by atoms with E-state index in [0.29, 0.717) is 18.6 Å². The molecule has 19 heavy (non-hydrogen) atoms. The maximum atomic E-state index is 6.07. The highest BCUT2D eigenvalue weighted by atomic mass is 16.7. The first-order valence-electron chi connectivity index (χ1n) is 7.21. The van der Waals surface area contributed by atoms with Crippen molar-refractivity contribution in [3.63, 3.8) is 0 Å². The predicted octanol–water partition coefficient (Wildman–Crippen LogP) is 3.13. The van der Waals surface area contributed by atoms with Gasteiger partial charge in [-0.25, -0.2) is 0 Å². The molecule has 1 saturated carbocycles. The number of hydrogen-bond donors (Lipinski definition) is 0. The lowest BCUT2D eigenvalue weighted by Crippen LogP contribution is -2.42. The highest BCUT2D eigenvalue weighted by Gasteiger charge is 2.43. The predicted molar refractivity (Wildman–Crippen MR) is 72.7 cm³/mol. The van der Waals surface area contributed by atoms with Crippen LogP contribution in [0.15, 0.2) is 30.3 Å². The van der Waals surface area contributed by atoms with Crippen molar-refractivity contribution in [3.05, 3.63) is 35.9 Å². The zero-order valence-corrected chi connectivity index (χ0v) is 11.5. The lowest BCUT2D eigenvalue weighted by atomic mass is 9.83. The fraction of sp³-hybridized carbons (Fsp3) is 0.625. The summed E-state index contributed by atoms with van der Waals surface area (Å²) in [6, 6.07) is 10.4. The van der Waals surface area contributed by atoms with Crippen molar-refractivity contribution >= 4 is 0 Å². The Balaban J connectivity index is 1.53. The second-order valence-electron chi connectivity index (χ2n) is 5.66. The molecule has 2 aliphatic rings. The van der Waals surface area contributed by atoms with Gasteiger partial charge in [0.2, 0.25) is 0 Å². The Hall–Kier alpha value is -0.900. The molecule has 0 amide bonds. The van der Waals surface area contributed by atoms with Gasteiger partial charge in [-0.05, 0) is 17.9 Å². The van der Waals surface area contributed by atoms with E-state index in [-0.39, 0.29) is 5.79 Å². The van der Waals surface area contributed by atoms with Crippen LogP contribution in [0.1, 0.15) is 31.7 Å². The molecule has 1 aromatic carbocycles. The van der Waals surface area contributed by atoms with Crippen LogP contribution in [0.2, 0.25) is 0 Å². The van der Waals surface area contributed by atoms with Gasteiger partial charge in [0.05, 0.1) is 25.9 Å². The Morgan fingerprint density at radius 1 is 1.21 bits per heavy atom. The Kier molecular flexibility index (Phi) is 3.87. The first-order valence-corrected chi connectivity index (χ1v) is 7.21. The molecule has 1 heterocycles. The van der Waals surface area contributed by atoms with Gasteiger partial charge >= 0.3 is 0 Å². The van der Waals surface area contributed by atoms with Crippen LogP contribution < -0.4 is 0 Å². The molecule has 3 heteroatoms. The standard InChI is InChI=1S/C16H22O3/c1-13-11-16(18-9-10-19-16)8-7-15(13)17-12-14-5-3-2-4-6-14/h2-6,13,15H,7-12H2,1H3/t13-,15+/m1/s1. The fourth-order valence-electron chi connectivity index (χ4n) is 3.16. The number of ether oxygens (including phenoxy) is 3. The molecule has 0 radical (unpaired) electrons. The molecule has 3 rings (SSSR count). The van der Waals surface area contributed by atoms with Crippen molar-refractivity contribution in [1.82, 2.24) is 0 Å². The summed E-state index contributed by atoms with van der Waals surface area (Å²) in [4.78, 5) is 0. The molecule has 104 valence electrons. The molecule has 3 nitrogen and oxygen atoms in total. The van der Waals surface area contributed by atoms with E-state index in [1.807, 2.05) is 6.07 Å². The summed E-state index contributed by atoms with van der Waals surface area (Å²) in [6.07, 6.45) is 3.25. The molecule has 1 aromatic rings. The van der Waals surface area contributed by atoms with Crippen LogP contribution in [0.5, 0.6) is 0 Å². The Labute approximate surface area is 114 Å². The van der Waals surface area contributed by atoms with Crippen LogP contribution in [0.3, 0.4) is 0 Å². The summed E-state index contributed by atoms with van der Waals surface area (Å²) in [5.74, 6) is 0.182. The summed E-state index contributed by atoms with van der Waals surface area (Å²) in [6.45, 7) is 4.41. The van der Waals surface area contributed by atoms with Gasteiger partial charge in [0.25, 0.3) is 0 Å². The summed E-state index contributed by atoms with van der Waals surface area (Å²) in [5, 5.41) is 0. The SMILES string of the molecule is C[C@@H]1CC2(CC[C@@H]1OCc1ccccc1)OCCO2. The van der Waals surface area contributed by atoms with Crippen LogP contribution in [0.25, 0.3) is 0 Å². The van der Waals surface area contributed by atoms with Crippen LogP contribution in [-0.2, 0) is 20.8 Å². The lowest BCUT2D eigenvalue weighted by Gasteiger charge is -2.39. The van der Waals surface area contributed by atoms with E-state index in [4.69, 9.17) is 14.2 Å². The minimum atomic E-state index is -0.300. The van der Waals surface area contributed by atoms with E-state index in [0.717, 1.165) is 32.5 Å². The molecule has 1 aliphatic carbocycles. The van der Waals surface area contributed by atoms with Gasteiger partial charge in [0.1, 0.15) is 0 Å². The number of rotatable bonds is 3. The van der Waals surface area contributed by atoms with Gasteiger partial charge in [0.15, 0.2) is 5.79 Å². The van der Waals surface area contributed by atoms with Crippen LogP contribution in [0.4, 0.5) is 0 Å². The van der Waals surface area contributed by atoms with Crippen molar-refractivity contribution in [3.8, 4) is 0 Å². The highest BCUT2D eigenvalue weighted by Crippen LogP contribution is 2.39. The Morgan fingerprint density at radius 3 is 2.63 bits per heavy atom. The van der Waals surface area contributed by atoms with E-state index >= 15 is 0 Å².